The molecule has 0 bridgehead atoms. The Morgan fingerprint density at radius 1 is 1.67 bits per heavy atom. The van der Waals surface area contributed by atoms with Gasteiger partial charge in [-0.1, -0.05) is 11.6 Å². The zero-order valence-corrected chi connectivity index (χ0v) is 6.71. The van der Waals surface area contributed by atoms with Crippen LogP contribution in [-0.2, 0) is 4.79 Å². The minimum absolute atomic E-state index is 0.222. The highest BCUT2D eigenvalue weighted by atomic mass is 35.5. The van der Waals surface area contributed by atoms with Gasteiger partial charge in [-0.15, -0.1) is 11.3 Å². The lowest BCUT2D eigenvalue weighted by Gasteiger charge is -1.62. The Kier molecular flexibility index (Phi) is 6.04. The Labute approximate surface area is 67.2 Å². The van der Waals surface area contributed by atoms with Gasteiger partial charge in [-0.2, -0.15) is 0 Å². The van der Waals surface area contributed by atoms with Gasteiger partial charge in [0.25, 0.3) is 0 Å². The molecule has 0 saturated carbocycles. The van der Waals surface area contributed by atoms with Crippen LogP contribution >= 0.6 is 34.5 Å². The third kappa shape index (κ3) is 5.83. The first-order chi connectivity index (χ1) is 4.31. The smallest absolute Gasteiger partial charge is 0.208 e. The summed E-state index contributed by atoms with van der Waals surface area (Å²) in [5.74, 6) is 0.222. The van der Waals surface area contributed by atoms with E-state index in [2.05, 4.69) is 11.6 Å². The average Bonchev–Trinajstić information content (AvgIpc) is 2.20. The Balaban J connectivity index is 0.000000187. The third-order valence-electron chi connectivity index (χ3n) is 0.486. The zero-order valence-electron chi connectivity index (χ0n) is 4.38. The quantitative estimate of drug-likeness (QED) is 0.446. The summed E-state index contributed by atoms with van der Waals surface area (Å²) in [7, 11) is 0. The van der Waals surface area contributed by atoms with Crippen LogP contribution in [0.15, 0.2) is 17.5 Å². The lowest BCUT2D eigenvalue weighted by atomic mass is 10.7. The molecule has 0 saturated heterocycles. The van der Waals surface area contributed by atoms with Gasteiger partial charge in [0.2, 0.25) is 5.75 Å². The largest absolute Gasteiger partial charge is 0.285 e. The van der Waals surface area contributed by atoms with Crippen LogP contribution in [-0.4, -0.2) is 5.75 Å². The molecular weight excluding hydrogens is 179 g/mol. The second-order valence-electron chi connectivity index (χ2n) is 1.01. The van der Waals surface area contributed by atoms with Crippen molar-refractivity contribution in [2.75, 3.05) is 0 Å². The van der Waals surface area contributed by atoms with Gasteiger partial charge < -0.3 is 0 Å². The molecule has 1 aromatic rings. The van der Waals surface area contributed by atoms with Crippen LogP contribution < -0.4 is 0 Å². The molecule has 0 N–H and O–H groups in total. The summed E-state index contributed by atoms with van der Waals surface area (Å²) in [6.45, 7) is 0. The fourth-order valence-corrected chi connectivity index (χ4v) is 0.930. The van der Waals surface area contributed by atoms with Gasteiger partial charge in [0.05, 0.1) is 4.34 Å². The van der Waals surface area contributed by atoms with Crippen LogP contribution in [0, 0.1) is 0 Å². The molecule has 0 aromatic carbocycles. The molecule has 1 heterocycles. The lowest BCUT2D eigenvalue weighted by Crippen LogP contribution is -1.29. The topological polar surface area (TPSA) is 17.1 Å². The second kappa shape index (κ2) is 6.08. The minimum Gasteiger partial charge on any atom is -0.285 e. The Bertz CT molecular complexity index is 150. The number of thiophene rings is 1. The van der Waals surface area contributed by atoms with Gasteiger partial charge in [-0.25, -0.2) is 0 Å². The number of halogens is 2. The third-order valence-corrected chi connectivity index (χ3v) is 1.53. The van der Waals surface area contributed by atoms with Crippen LogP contribution in [0.3, 0.4) is 0 Å². The molecule has 0 unspecified atom stereocenters. The molecule has 1 rings (SSSR count). The number of carbonyl (C=O) groups is 1. The average molecular weight is 183 g/mol. The van der Waals surface area contributed by atoms with Gasteiger partial charge in [-0.05, 0) is 29.1 Å². The molecule has 50 valence electrons. The van der Waals surface area contributed by atoms with Gasteiger partial charge >= 0.3 is 0 Å². The molecule has 0 radical (unpaired) electrons. The Hall–Kier alpha value is -0.0500. The molecule has 0 atom stereocenters. The highest BCUT2D eigenvalue weighted by Crippen LogP contribution is 2.13. The van der Waals surface area contributed by atoms with E-state index in [-0.39, 0.29) is 5.75 Å². The van der Waals surface area contributed by atoms with Crippen LogP contribution in [0.25, 0.3) is 0 Å². The SMILES string of the molecule is Clc1cccs1.O=CCl. The molecular formula is C5H4Cl2OS. The van der Waals surface area contributed by atoms with Crippen LogP contribution in [0.1, 0.15) is 0 Å². The van der Waals surface area contributed by atoms with Gasteiger partial charge in [0.1, 0.15) is 0 Å². The summed E-state index contributed by atoms with van der Waals surface area (Å²) in [4.78, 5) is 8.57. The summed E-state index contributed by atoms with van der Waals surface area (Å²) < 4.78 is 0.856. The molecule has 0 aliphatic carbocycles. The van der Waals surface area contributed by atoms with Gasteiger partial charge in [-0.3, -0.25) is 4.79 Å². The molecule has 9 heavy (non-hydrogen) atoms. The Morgan fingerprint density at radius 2 is 2.22 bits per heavy atom. The van der Waals surface area contributed by atoms with Crippen molar-refractivity contribution < 1.29 is 4.79 Å². The van der Waals surface area contributed by atoms with E-state index in [9.17, 15) is 0 Å². The molecule has 0 aliphatic rings. The Morgan fingerprint density at radius 3 is 2.33 bits per heavy atom. The van der Waals surface area contributed by atoms with Crippen molar-refractivity contribution >= 4 is 40.3 Å². The van der Waals surface area contributed by atoms with E-state index < -0.39 is 0 Å². The van der Waals surface area contributed by atoms with Crippen molar-refractivity contribution in [3.05, 3.63) is 21.8 Å². The fraction of sp³-hybridized carbons (Fsp3) is 0. The second-order valence-corrected chi connectivity index (χ2v) is 2.76. The van der Waals surface area contributed by atoms with Crippen molar-refractivity contribution in [1.29, 1.82) is 0 Å². The first-order valence-corrected chi connectivity index (χ1v) is 3.73. The lowest BCUT2D eigenvalue weighted by molar-refractivity contribution is 0.569. The highest BCUT2D eigenvalue weighted by Gasteiger charge is 1.77. The summed E-state index contributed by atoms with van der Waals surface area (Å²) in [6.07, 6.45) is 0. The van der Waals surface area contributed by atoms with Crippen molar-refractivity contribution in [2.45, 2.75) is 0 Å². The normalized spacial score (nSPS) is 7.33. The van der Waals surface area contributed by atoms with Crippen molar-refractivity contribution in [3.8, 4) is 0 Å². The molecule has 0 aliphatic heterocycles. The molecule has 0 fully saturated rings. The highest BCUT2D eigenvalue weighted by molar-refractivity contribution is 7.14. The minimum atomic E-state index is 0.222. The van der Waals surface area contributed by atoms with Crippen molar-refractivity contribution in [2.24, 2.45) is 0 Å². The fourth-order valence-electron chi connectivity index (χ4n) is 0.259. The van der Waals surface area contributed by atoms with E-state index >= 15 is 0 Å². The van der Waals surface area contributed by atoms with Crippen molar-refractivity contribution in [1.82, 2.24) is 0 Å². The standard InChI is InChI=1S/C4H3ClS.CHClO/c5-4-2-1-3-6-4;2-1-3/h1-3H;1H. The zero-order chi connectivity index (χ0) is 7.11. The van der Waals surface area contributed by atoms with E-state index in [1.165, 1.54) is 0 Å². The number of hydrogen-bond acceptors (Lipinski definition) is 2. The molecule has 1 nitrogen and oxygen atoms in total. The molecule has 1 aromatic heterocycles. The van der Waals surface area contributed by atoms with E-state index in [0.29, 0.717) is 0 Å². The van der Waals surface area contributed by atoms with Gasteiger partial charge in [0.15, 0.2) is 0 Å². The summed E-state index contributed by atoms with van der Waals surface area (Å²) >= 11 is 11.3. The predicted molar refractivity (Wildman–Crippen MR) is 41.9 cm³/mol. The summed E-state index contributed by atoms with van der Waals surface area (Å²) in [5, 5.41) is 1.95. The maximum absolute atomic E-state index is 8.57. The number of carbonyl (C=O) groups excluding carboxylic acids is 1. The predicted octanol–water partition coefficient (Wildman–Crippen LogP) is 2.82. The molecule has 0 spiro atoms. The van der Waals surface area contributed by atoms with E-state index in [1.807, 2.05) is 17.5 Å². The number of hydrogen-bond donors (Lipinski definition) is 0. The number of rotatable bonds is 0. The first kappa shape index (κ1) is 8.95. The summed E-state index contributed by atoms with van der Waals surface area (Å²) in [5.41, 5.74) is 0. The van der Waals surface area contributed by atoms with E-state index in [0.717, 1.165) is 4.34 Å². The maximum Gasteiger partial charge on any atom is 0.208 e. The summed E-state index contributed by atoms with van der Waals surface area (Å²) in [6, 6.07) is 3.79. The van der Waals surface area contributed by atoms with Gasteiger partial charge in [0, 0.05) is 0 Å². The van der Waals surface area contributed by atoms with E-state index in [4.69, 9.17) is 16.4 Å². The first-order valence-electron chi connectivity index (χ1n) is 2.04. The van der Waals surface area contributed by atoms with Crippen LogP contribution in [0.2, 0.25) is 4.34 Å². The van der Waals surface area contributed by atoms with Crippen molar-refractivity contribution in [3.63, 3.8) is 0 Å². The molecule has 0 amide bonds. The van der Waals surface area contributed by atoms with Crippen LogP contribution in [0.5, 0.6) is 0 Å². The van der Waals surface area contributed by atoms with E-state index in [1.54, 1.807) is 11.3 Å². The molecule has 4 heteroatoms. The van der Waals surface area contributed by atoms with Crippen LogP contribution in [0.4, 0.5) is 0 Å². The maximum atomic E-state index is 8.57. The monoisotopic (exact) mass is 182 g/mol.